The summed E-state index contributed by atoms with van der Waals surface area (Å²) in [5.41, 5.74) is 6.00. The zero-order chi connectivity index (χ0) is 13.8. The number of amides is 1. The van der Waals surface area contributed by atoms with Crippen LogP contribution in [0.5, 0.6) is 0 Å². The maximum absolute atomic E-state index is 11.2. The van der Waals surface area contributed by atoms with Gasteiger partial charge in [0.15, 0.2) is 0 Å². The first-order valence-corrected chi connectivity index (χ1v) is 6.75. The van der Waals surface area contributed by atoms with Gasteiger partial charge in [0.25, 0.3) is 0 Å². The number of rotatable bonds is 5. The lowest BCUT2D eigenvalue weighted by Gasteiger charge is -2.22. The van der Waals surface area contributed by atoms with E-state index in [1.807, 2.05) is 24.5 Å². The van der Waals surface area contributed by atoms with Crippen LogP contribution in [-0.2, 0) is 4.79 Å². The number of nitriles is 1. The van der Waals surface area contributed by atoms with Crippen LogP contribution in [0.25, 0.3) is 0 Å². The van der Waals surface area contributed by atoms with Gasteiger partial charge in [0.1, 0.15) is 6.07 Å². The number of nitrogens with one attached hydrogen (secondary N) is 1. The molecule has 0 bridgehead atoms. The van der Waals surface area contributed by atoms with Gasteiger partial charge in [0.05, 0.1) is 16.7 Å². The fourth-order valence-corrected chi connectivity index (χ4v) is 1.94. The Morgan fingerprint density at radius 1 is 1.56 bits per heavy atom. The molecule has 0 aromatic heterocycles. The SMILES string of the molecule is CSc1cccc(NCC(C)(C)C(N)=O)c1C#N. The molecule has 0 fully saturated rings. The number of anilines is 1. The van der Waals surface area contributed by atoms with E-state index in [1.165, 1.54) is 11.8 Å². The maximum Gasteiger partial charge on any atom is 0.224 e. The summed E-state index contributed by atoms with van der Waals surface area (Å²) < 4.78 is 0. The zero-order valence-corrected chi connectivity index (χ0v) is 11.6. The molecule has 1 rings (SSSR count). The third kappa shape index (κ3) is 3.17. The molecule has 3 N–H and O–H groups in total. The van der Waals surface area contributed by atoms with Gasteiger partial charge >= 0.3 is 0 Å². The second-order valence-electron chi connectivity index (χ2n) is 4.60. The summed E-state index contributed by atoms with van der Waals surface area (Å²) >= 11 is 1.52. The van der Waals surface area contributed by atoms with E-state index in [-0.39, 0.29) is 5.91 Å². The number of hydrogen-bond donors (Lipinski definition) is 2. The van der Waals surface area contributed by atoms with Crippen molar-refractivity contribution < 1.29 is 4.79 Å². The average Bonchev–Trinajstić information content (AvgIpc) is 2.35. The van der Waals surface area contributed by atoms with Gasteiger partial charge in [0.2, 0.25) is 5.91 Å². The highest BCUT2D eigenvalue weighted by molar-refractivity contribution is 7.98. The minimum Gasteiger partial charge on any atom is -0.383 e. The van der Waals surface area contributed by atoms with Crippen LogP contribution in [0.1, 0.15) is 19.4 Å². The average molecular weight is 263 g/mol. The van der Waals surface area contributed by atoms with Crippen LogP contribution in [-0.4, -0.2) is 18.7 Å². The minimum absolute atomic E-state index is 0.366. The number of nitrogens with two attached hydrogens (primary N) is 1. The number of thioether (sulfide) groups is 1. The molecule has 0 unspecified atom stereocenters. The first-order chi connectivity index (χ1) is 8.42. The molecule has 0 heterocycles. The van der Waals surface area contributed by atoms with Crippen LogP contribution in [0.4, 0.5) is 5.69 Å². The van der Waals surface area contributed by atoms with E-state index in [0.717, 1.165) is 10.6 Å². The molecule has 4 nitrogen and oxygen atoms in total. The Bertz CT molecular complexity index is 491. The topological polar surface area (TPSA) is 78.9 Å². The van der Waals surface area contributed by atoms with Crippen LogP contribution in [0.2, 0.25) is 0 Å². The molecule has 0 atom stereocenters. The lowest BCUT2D eigenvalue weighted by Crippen LogP contribution is -2.37. The van der Waals surface area contributed by atoms with E-state index in [1.54, 1.807) is 13.8 Å². The second-order valence-corrected chi connectivity index (χ2v) is 5.44. The fraction of sp³-hybridized carbons (Fsp3) is 0.385. The zero-order valence-electron chi connectivity index (χ0n) is 10.8. The summed E-state index contributed by atoms with van der Waals surface area (Å²) in [6, 6.07) is 7.79. The van der Waals surface area contributed by atoms with Gasteiger partial charge in [-0.3, -0.25) is 4.79 Å². The molecule has 1 aromatic rings. The third-order valence-corrected chi connectivity index (χ3v) is 3.53. The van der Waals surface area contributed by atoms with Gasteiger partial charge in [-0.2, -0.15) is 5.26 Å². The predicted octanol–water partition coefficient (Wildman–Crippen LogP) is 2.20. The molecule has 0 radical (unpaired) electrons. The van der Waals surface area contributed by atoms with Crippen LogP contribution >= 0.6 is 11.8 Å². The summed E-state index contributed by atoms with van der Waals surface area (Å²) in [7, 11) is 0. The maximum atomic E-state index is 11.2. The van der Waals surface area contributed by atoms with Gasteiger partial charge in [-0.05, 0) is 32.2 Å². The van der Waals surface area contributed by atoms with Crippen molar-refractivity contribution in [2.24, 2.45) is 11.1 Å². The molecule has 0 saturated carbocycles. The van der Waals surface area contributed by atoms with Crippen molar-refractivity contribution in [1.29, 1.82) is 5.26 Å². The number of nitrogens with zero attached hydrogens (tertiary/aromatic N) is 1. The van der Waals surface area contributed by atoms with Gasteiger partial charge in [-0.25, -0.2) is 0 Å². The monoisotopic (exact) mass is 263 g/mol. The molecule has 96 valence electrons. The lowest BCUT2D eigenvalue weighted by molar-refractivity contribution is -0.125. The predicted molar refractivity (Wildman–Crippen MR) is 74.4 cm³/mol. The number of hydrogen-bond acceptors (Lipinski definition) is 4. The molecular weight excluding hydrogens is 246 g/mol. The Hall–Kier alpha value is -1.67. The number of benzene rings is 1. The highest BCUT2D eigenvalue weighted by Gasteiger charge is 2.24. The van der Waals surface area contributed by atoms with Crippen molar-refractivity contribution in [2.45, 2.75) is 18.7 Å². The van der Waals surface area contributed by atoms with Crippen molar-refractivity contribution in [3.63, 3.8) is 0 Å². The molecule has 1 amide bonds. The molecule has 0 aliphatic carbocycles. The Labute approximate surface area is 112 Å². The Balaban J connectivity index is 2.93. The molecule has 0 saturated heterocycles. The lowest BCUT2D eigenvalue weighted by atomic mass is 9.92. The summed E-state index contributed by atoms with van der Waals surface area (Å²) in [6.45, 7) is 3.94. The number of primary amides is 1. The van der Waals surface area contributed by atoms with Crippen molar-refractivity contribution in [3.05, 3.63) is 23.8 Å². The van der Waals surface area contributed by atoms with E-state index < -0.39 is 5.41 Å². The van der Waals surface area contributed by atoms with Crippen molar-refractivity contribution in [2.75, 3.05) is 18.1 Å². The fourth-order valence-electron chi connectivity index (χ4n) is 1.37. The van der Waals surface area contributed by atoms with Crippen molar-refractivity contribution in [1.82, 2.24) is 0 Å². The summed E-state index contributed by atoms with van der Waals surface area (Å²) in [5, 5.41) is 12.3. The van der Waals surface area contributed by atoms with E-state index >= 15 is 0 Å². The van der Waals surface area contributed by atoms with Gasteiger partial charge in [-0.15, -0.1) is 11.8 Å². The summed E-state index contributed by atoms with van der Waals surface area (Å²) in [6.07, 6.45) is 1.92. The molecule has 0 spiro atoms. The molecule has 0 aliphatic heterocycles. The molecule has 1 aromatic carbocycles. The third-order valence-electron chi connectivity index (χ3n) is 2.75. The van der Waals surface area contributed by atoms with Crippen molar-refractivity contribution in [3.8, 4) is 6.07 Å². The van der Waals surface area contributed by atoms with Crippen LogP contribution < -0.4 is 11.1 Å². The van der Waals surface area contributed by atoms with Crippen molar-refractivity contribution >= 4 is 23.4 Å². The Morgan fingerprint density at radius 3 is 2.72 bits per heavy atom. The highest BCUT2D eigenvalue weighted by atomic mass is 32.2. The molecule has 5 heteroatoms. The van der Waals surface area contributed by atoms with Gasteiger partial charge < -0.3 is 11.1 Å². The molecular formula is C13H17N3OS. The first-order valence-electron chi connectivity index (χ1n) is 5.53. The van der Waals surface area contributed by atoms with Crippen LogP contribution in [0, 0.1) is 16.7 Å². The second kappa shape index (κ2) is 5.78. The number of carbonyl (C=O) groups is 1. The Kier molecular flexibility index (Phi) is 4.62. The van der Waals surface area contributed by atoms with Gasteiger partial charge in [0, 0.05) is 11.4 Å². The van der Waals surface area contributed by atoms with E-state index in [0.29, 0.717) is 12.1 Å². The summed E-state index contributed by atoms with van der Waals surface area (Å²) in [5.74, 6) is -0.366. The van der Waals surface area contributed by atoms with Crippen LogP contribution in [0.3, 0.4) is 0 Å². The Morgan fingerprint density at radius 2 is 2.22 bits per heavy atom. The first kappa shape index (κ1) is 14.4. The minimum atomic E-state index is -0.651. The number of carbonyl (C=O) groups excluding carboxylic acids is 1. The standard InChI is InChI=1S/C13H17N3OS/c1-13(2,12(15)17)8-16-10-5-4-6-11(18-3)9(10)7-14/h4-6,16H,8H2,1-3H3,(H2,15,17). The molecule has 18 heavy (non-hydrogen) atoms. The quantitative estimate of drug-likeness (QED) is 0.798. The van der Waals surface area contributed by atoms with Crippen LogP contribution in [0.15, 0.2) is 23.1 Å². The van der Waals surface area contributed by atoms with E-state index in [4.69, 9.17) is 5.73 Å². The smallest absolute Gasteiger partial charge is 0.224 e. The van der Waals surface area contributed by atoms with E-state index in [9.17, 15) is 10.1 Å². The van der Waals surface area contributed by atoms with E-state index in [2.05, 4.69) is 11.4 Å². The largest absolute Gasteiger partial charge is 0.383 e. The van der Waals surface area contributed by atoms with Gasteiger partial charge in [-0.1, -0.05) is 6.07 Å². The highest BCUT2D eigenvalue weighted by Crippen LogP contribution is 2.27. The summed E-state index contributed by atoms with van der Waals surface area (Å²) in [4.78, 5) is 12.1. The molecule has 0 aliphatic rings. The normalized spacial score (nSPS) is 10.8.